The Bertz CT molecular complexity index is 912. The summed E-state index contributed by atoms with van der Waals surface area (Å²) in [6.07, 6.45) is 6.65. The van der Waals surface area contributed by atoms with Crippen LogP contribution in [0, 0.1) is 0 Å². The fourth-order valence-electron chi connectivity index (χ4n) is 3.69. The van der Waals surface area contributed by atoms with Crippen LogP contribution in [0.3, 0.4) is 0 Å². The van der Waals surface area contributed by atoms with Crippen LogP contribution in [0.2, 0.25) is 0 Å². The average molecular weight is 330 g/mol. The Kier molecular flexibility index (Phi) is 4.47. The van der Waals surface area contributed by atoms with Crippen LogP contribution in [-0.2, 0) is 30.5 Å². The van der Waals surface area contributed by atoms with Gasteiger partial charge >= 0.3 is 0 Å². The third-order valence-corrected chi connectivity index (χ3v) is 4.96. The van der Waals surface area contributed by atoms with Gasteiger partial charge in [0.1, 0.15) is 0 Å². The largest absolute Gasteiger partial charge is 0.355 e. The number of nitrogens with zero attached hydrogens (tertiary/aromatic N) is 1. The van der Waals surface area contributed by atoms with E-state index in [-0.39, 0.29) is 5.91 Å². The van der Waals surface area contributed by atoms with Gasteiger partial charge in [-0.15, -0.1) is 0 Å². The van der Waals surface area contributed by atoms with Crippen molar-refractivity contribution in [3.8, 4) is 0 Å². The molecule has 1 amide bonds. The van der Waals surface area contributed by atoms with E-state index in [4.69, 9.17) is 0 Å². The lowest BCUT2D eigenvalue weighted by Gasteiger charge is -2.08. The predicted octanol–water partition coefficient (Wildman–Crippen LogP) is 3.62. The zero-order valence-corrected chi connectivity index (χ0v) is 14.3. The molecule has 2 aromatic carbocycles. The van der Waals surface area contributed by atoms with Crippen molar-refractivity contribution < 1.29 is 4.79 Å². The number of aryl methyl sites for hydroxylation is 2. The lowest BCUT2D eigenvalue weighted by Crippen LogP contribution is -2.27. The molecular formula is C22H22N2O. The molecule has 0 radical (unpaired) electrons. The van der Waals surface area contributed by atoms with Gasteiger partial charge in [0, 0.05) is 18.1 Å². The summed E-state index contributed by atoms with van der Waals surface area (Å²) in [6, 6.07) is 16.7. The molecule has 1 aliphatic rings. The van der Waals surface area contributed by atoms with Crippen molar-refractivity contribution in [1.29, 1.82) is 0 Å². The van der Waals surface area contributed by atoms with Crippen LogP contribution in [0.25, 0.3) is 10.9 Å². The molecule has 0 saturated carbocycles. The molecule has 3 aromatic rings. The molecule has 1 N–H and O–H groups in total. The number of benzene rings is 2. The van der Waals surface area contributed by atoms with Gasteiger partial charge in [-0.1, -0.05) is 42.5 Å². The molecule has 3 nitrogen and oxygen atoms in total. The Labute approximate surface area is 148 Å². The van der Waals surface area contributed by atoms with Gasteiger partial charge in [-0.3, -0.25) is 9.78 Å². The minimum atomic E-state index is 0.0890. The topological polar surface area (TPSA) is 42.0 Å². The number of pyridine rings is 1. The number of para-hydroxylation sites is 1. The van der Waals surface area contributed by atoms with Crippen molar-refractivity contribution in [1.82, 2.24) is 10.3 Å². The number of nitrogens with one attached hydrogen (secondary N) is 1. The maximum absolute atomic E-state index is 12.2. The van der Waals surface area contributed by atoms with E-state index in [1.54, 1.807) is 0 Å². The number of fused-ring (bicyclic) bond motifs is 2. The molecule has 0 unspecified atom stereocenters. The van der Waals surface area contributed by atoms with Gasteiger partial charge in [-0.2, -0.15) is 0 Å². The molecule has 4 rings (SSSR count). The minimum Gasteiger partial charge on any atom is -0.355 e. The molecule has 1 heterocycles. The summed E-state index contributed by atoms with van der Waals surface area (Å²) in [7, 11) is 0. The van der Waals surface area contributed by atoms with Crippen LogP contribution in [0.15, 0.2) is 54.7 Å². The Balaban J connectivity index is 1.34. The second kappa shape index (κ2) is 7.06. The Morgan fingerprint density at radius 1 is 1.04 bits per heavy atom. The van der Waals surface area contributed by atoms with Crippen LogP contribution in [-0.4, -0.2) is 17.4 Å². The molecule has 25 heavy (non-hydrogen) atoms. The normalized spacial score (nSPS) is 13.0. The number of carbonyl (C=O) groups is 1. The zero-order chi connectivity index (χ0) is 17.1. The highest BCUT2D eigenvalue weighted by Gasteiger charge is 2.12. The first-order valence-corrected chi connectivity index (χ1v) is 8.99. The molecule has 1 aromatic heterocycles. The van der Waals surface area contributed by atoms with E-state index in [0.717, 1.165) is 29.3 Å². The van der Waals surface area contributed by atoms with E-state index in [2.05, 4.69) is 46.7 Å². The first kappa shape index (κ1) is 15.8. The van der Waals surface area contributed by atoms with Gasteiger partial charge in [0.05, 0.1) is 11.9 Å². The quantitative estimate of drug-likeness (QED) is 0.776. The number of hydrogen-bond acceptors (Lipinski definition) is 2. The summed E-state index contributed by atoms with van der Waals surface area (Å²) in [5.74, 6) is 0.0890. The van der Waals surface area contributed by atoms with E-state index >= 15 is 0 Å². The monoisotopic (exact) mass is 330 g/mol. The lowest BCUT2D eigenvalue weighted by molar-refractivity contribution is -0.120. The van der Waals surface area contributed by atoms with Crippen molar-refractivity contribution in [3.63, 3.8) is 0 Å². The standard InChI is InChI=1S/C22H22N2O/c25-21(15-16-9-10-17-4-1-7-20(17)14-16)23-13-11-19-6-2-5-18-8-3-12-24-22(18)19/h2-3,5-6,8-10,12,14H,1,4,7,11,13,15H2,(H,23,25). The highest BCUT2D eigenvalue weighted by Crippen LogP contribution is 2.23. The van der Waals surface area contributed by atoms with Gasteiger partial charge in [0.2, 0.25) is 5.91 Å². The van der Waals surface area contributed by atoms with Crippen molar-refractivity contribution in [2.45, 2.75) is 32.1 Å². The number of hydrogen-bond donors (Lipinski definition) is 1. The maximum atomic E-state index is 12.2. The number of rotatable bonds is 5. The van der Waals surface area contributed by atoms with Crippen LogP contribution in [0.5, 0.6) is 0 Å². The molecule has 0 fully saturated rings. The molecule has 1 aliphatic carbocycles. The van der Waals surface area contributed by atoms with E-state index < -0.39 is 0 Å². The van der Waals surface area contributed by atoms with Crippen molar-refractivity contribution >= 4 is 16.8 Å². The minimum absolute atomic E-state index is 0.0890. The smallest absolute Gasteiger partial charge is 0.224 e. The molecular weight excluding hydrogens is 308 g/mol. The summed E-state index contributed by atoms with van der Waals surface area (Å²) < 4.78 is 0. The maximum Gasteiger partial charge on any atom is 0.224 e. The Hall–Kier alpha value is -2.68. The average Bonchev–Trinajstić information content (AvgIpc) is 3.10. The van der Waals surface area contributed by atoms with Gasteiger partial charge in [-0.05, 0) is 54.0 Å². The molecule has 0 atom stereocenters. The van der Waals surface area contributed by atoms with Gasteiger partial charge in [-0.25, -0.2) is 0 Å². The van der Waals surface area contributed by atoms with Crippen LogP contribution in [0.4, 0.5) is 0 Å². The molecule has 3 heteroatoms. The Morgan fingerprint density at radius 2 is 1.92 bits per heavy atom. The van der Waals surface area contributed by atoms with Gasteiger partial charge in [0.25, 0.3) is 0 Å². The van der Waals surface area contributed by atoms with Crippen LogP contribution in [0.1, 0.15) is 28.7 Å². The first-order valence-electron chi connectivity index (χ1n) is 8.99. The predicted molar refractivity (Wildman–Crippen MR) is 101 cm³/mol. The second-order valence-corrected chi connectivity index (χ2v) is 6.73. The van der Waals surface area contributed by atoms with E-state index in [1.165, 1.54) is 29.5 Å². The summed E-state index contributed by atoms with van der Waals surface area (Å²) in [5.41, 5.74) is 6.19. The highest BCUT2D eigenvalue weighted by molar-refractivity contribution is 5.82. The molecule has 0 spiro atoms. The molecule has 126 valence electrons. The van der Waals surface area contributed by atoms with Crippen LogP contribution >= 0.6 is 0 Å². The SMILES string of the molecule is O=C(Cc1ccc2c(c1)CCC2)NCCc1cccc2cccnc12. The fourth-order valence-corrected chi connectivity index (χ4v) is 3.69. The van der Waals surface area contributed by atoms with Crippen LogP contribution < -0.4 is 5.32 Å². The van der Waals surface area contributed by atoms with E-state index in [1.807, 2.05) is 18.3 Å². The summed E-state index contributed by atoms with van der Waals surface area (Å²) in [6.45, 7) is 0.638. The van der Waals surface area contributed by atoms with Gasteiger partial charge < -0.3 is 5.32 Å². The summed E-state index contributed by atoms with van der Waals surface area (Å²) >= 11 is 0. The number of amides is 1. The Morgan fingerprint density at radius 3 is 2.88 bits per heavy atom. The first-order chi connectivity index (χ1) is 12.3. The zero-order valence-electron chi connectivity index (χ0n) is 14.3. The molecule has 0 aliphatic heterocycles. The second-order valence-electron chi connectivity index (χ2n) is 6.73. The fraction of sp³-hybridized carbons (Fsp3) is 0.273. The van der Waals surface area contributed by atoms with E-state index in [0.29, 0.717) is 13.0 Å². The third-order valence-electron chi connectivity index (χ3n) is 4.96. The lowest BCUT2D eigenvalue weighted by atomic mass is 10.0. The molecule has 0 saturated heterocycles. The highest BCUT2D eigenvalue weighted by atomic mass is 16.1. The summed E-state index contributed by atoms with van der Waals surface area (Å²) in [5, 5.41) is 4.19. The molecule has 0 bridgehead atoms. The number of carbonyl (C=O) groups excluding carboxylic acids is 1. The third kappa shape index (κ3) is 3.55. The number of aromatic nitrogens is 1. The van der Waals surface area contributed by atoms with Gasteiger partial charge in [0.15, 0.2) is 0 Å². The van der Waals surface area contributed by atoms with Crippen molar-refractivity contribution in [2.75, 3.05) is 6.54 Å². The van der Waals surface area contributed by atoms with Crippen molar-refractivity contribution in [2.24, 2.45) is 0 Å². The van der Waals surface area contributed by atoms with E-state index in [9.17, 15) is 4.79 Å². The van der Waals surface area contributed by atoms with Crippen molar-refractivity contribution in [3.05, 3.63) is 77.0 Å². The summed E-state index contributed by atoms with van der Waals surface area (Å²) in [4.78, 5) is 16.7.